The molecule has 2 heterocycles. The quantitative estimate of drug-likeness (QED) is 0.687. The maximum atomic E-state index is 11.2. The number of hydrogen-bond acceptors (Lipinski definition) is 5. The molecular weight excluding hydrogens is 366 g/mol. The minimum Gasteiger partial charge on any atom is -0.489 e. The number of rotatable bonds is 8. The molecule has 0 spiro atoms. The summed E-state index contributed by atoms with van der Waals surface area (Å²) in [5.74, 6) is 1.42. The van der Waals surface area contributed by atoms with Crippen LogP contribution >= 0.6 is 0 Å². The summed E-state index contributed by atoms with van der Waals surface area (Å²) in [6, 6.07) is 11.9. The van der Waals surface area contributed by atoms with Gasteiger partial charge in [-0.2, -0.15) is 0 Å². The number of pyridine rings is 1. The van der Waals surface area contributed by atoms with Gasteiger partial charge in [-0.1, -0.05) is 18.7 Å². The highest BCUT2D eigenvalue weighted by atomic mass is 16.5. The predicted molar refractivity (Wildman–Crippen MR) is 114 cm³/mol. The fourth-order valence-corrected chi connectivity index (χ4v) is 3.35. The van der Waals surface area contributed by atoms with Crippen molar-refractivity contribution in [2.75, 3.05) is 24.6 Å². The molecule has 1 aliphatic heterocycles. The molecule has 1 aliphatic rings. The Bertz CT molecular complexity index is 851. The second-order valence-electron chi connectivity index (χ2n) is 7.56. The van der Waals surface area contributed by atoms with Crippen LogP contribution < -0.4 is 19.7 Å². The molecule has 6 nitrogen and oxygen atoms in total. The second kappa shape index (κ2) is 9.45. The third-order valence-electron chi connectivity index (χ3n) is 4.80. The summed E-state index contributed by atoms with van der Waals surface area (Å²) in [4.78, 5) is 17.8. The van der Waals surface area contributed by atoms with E-state index in [2.05, 4.69) is 21.8 Å². The van der Waals surface area contributed by atoms with Crippen molar-refractivity contribution in [2.24, 2.45) is 0 Å². The van der Waals surface area contributed by atoms with Crippen LogP contribution in [0, 0.1) is 0 Å². The Kier molecular flexibility index (Phi) is 6.75. The van der Waals surface area contributed by atoms with E-state index in [1.54, 1.807) is 6.20 Å². The molecule has 3 rings (SSSR count). The van der Waals surface area contributed by atoms with Crippen LogP contribution in [-0.2, 0) is 4.79 Å². The van der Waals surface area contributed by atoms with Gasteiger partial charge in [-0.25, -0.2) is 4.98 Å². The maximum absolute atomic E-state index is 11.2. The van der Waals surface area contributed by atoms with E-state index in [0.29, 0.717) is 12.5 Å². The molecule has 1 amide bonds. The summed E-state index contributed by atoms with van der Waals surface area (Å²) in [6.07, 6.45) is 2.85. The Balaban J connectivity index is 1.55. The first-order valence-corrected chi connectivity index (χ1v) is 9.92. The first-order chi connectivity index (χ1) is 13.9. The van der Waals surface area contributed by atoms with E-state index >= 15 is 0 Å². The molecule has 29 heavy (non-hydrogen) atoms. The summed E-state index contributed by atoms with van der Waals surface area (Å²) in [6.45, 7) is 11.5. The molecule has 154 valence electrons. The van der Waals surface area contributed by atoms with Gasteiger partial charge in [0.25, 0.3) is 0 Å². The van der Waals surface area contributed by atoms with Crippen molar-refractivity contribution in [3.8, 4) is 11.6 Å². The van der Waals surface area contributed by atoms with Crippen LogP contribution in [0.3, 0.4) is 0 Å². The molecular formula is C23H29N3O3. The Morgan fingerprint density at radius 2 is 2.07 bits per heavy atom. The van der Waals surface area contributed by atoms with Gasteiger partial charge in [-0.15, -0.1) is 0 Å². The van der Waals surface area contributed by atoms with Crippen molar-refractivity contribution in [1.82, 2.24) is 10.3 Å². The van der Waals surface area contributed by atoms with Crippen LogP contribution in [0.15, 0.2) is 54.7 Å². The maximum Gasteiger partial charge on any atom is 0.217 e. The highest BCUT2D eigenvalue weighted by Crippen LogP contribution is 2.26. The molecule has 0 unspecified atom stereocenters. The van der Waals surface area contributed by atoms with E-state index in [0.717, 1.165) is 42.1 Å². The van der Waals surface area contributed by atoms with Gasteiger partial charge < -0.3 is 19.7 Å². The summed E-state index contributed by atoms with van der Waals surface area (Å²) in [7, 11) is 0. The number of anilines is 1. The van der Waals surface area contributed by atoms with Crippen LogP contribution in [-0.4, -0.2) is 36.7 Å². The standard InChI is InChI=1S/C23H29N3O3/c1-16(2)15-28-23-13-20(9-11-24-23)26-12-10-22(14-26)29-21-7-5-19(6-8-21)17(3)25-18(4)27/h5-9,11,13,17,22H,1,10,12,14-15H2,2-4H3,(H,25,27)/t17-,22+/m0/s1. The molecule has 1 N–H and O–H groups in total. The third-order valence-corrected chi connectivity index (χ3v) is 4.80. The van der Waals surface area contributed by atoms with Gasteiger partial charge >= 0.3 is 0 Å². The lowest BCUT2D eigenvalue weighted by Crippen LogP contribution is -2.25. The molecule has 2 atom stereocenters. The fraction of sp³-hybridized carbons (Fsp3) is 0.391. The summed E-state index contributed by atoms with van der Waals surface area (Å²) < 4.78 is 11.8. The molecule has 2 aromatic rings. The van der Waals surface area contributed by atoms with Crippen molar-refractivity contribution in [1.29, 1.82) is 0 Å². The van der Waals surface area contributed by atoms with Crippen molar-refractivity contribution in [3.63, 3.8) is 0 Å². The van der Waals surface area contributed by atoms with Crippen molar-refractivity contribution in [2.45, 2.75) is 39.3 Å². The monoisotopic (exact) mass is 395 g/mol. The van der Waals surface area contributed by atoms with Crippen LogP contribution in [0.25, 0.3) is 0 Å². The molecule has 0 saturated carbocycles. The zero-order chi connectivity index (χ0) is 20.8. The van der Waals surface area contributed by atoms with Gasteiger partial charge in [-0.05, 0) is 43.2 Å². The van der Waals surface area contributed by atoms with Crippen LogP contribution in [0.4, 0.5) is 5.69 Å². The SMILES string of the molecule is C=C(C)COc1cc(N2CC[C@@H](Oc3ccc([C@H](C)NC(C)=O)cc3)C2)ccn1. The Hall–Kier alpha value is -3.02. The molecule has 1 aromatic heterocycles. The number of nitrogens with one attached hydrogen (secondary N) is 1. The number of ether oxygens (including phenoxy) is 2. The number of aromatic nitrogens is 1. The number of hydrogen-bond donors (Lipinski definition) is 1. The summed E-state index contributed by atoms with van der Waals surface area (Å²) in [5, 5.41) is 2.89. The van der Waals surface area contributed by atoms with Gasteiger partial charge in [0, 0.05) is 37.8 Å². The predicted octanol–water partition coefficient (Wildman–Crippen LogP) is 3.89. The molecule has 1 fully saturated rings. The molecule has 1 aromatic carbocycles. The lowest BCUT2D eigenvalue weighted by Gasteiger charge is -2.20. The first-order valence-electron chi connectivity index (χ1n) is 9.92. The van der Waals surface area contributed by atoms with E-state index < -0.39 is 0 Å². The number of nitrogens with zero attached hydrogens (tertiary/aromatic N) is 2. The molecule has 6 heteroatoms. The molecule has 1 saturated heterocycles. The molecule has 0 aliphatic carbocycles. The number of amides is 1. The minimum atomic E-state index is -0.0341. The van der Waals surface area contributed by atoms with E-state index in [1.165, 1.54) is 6.92 Å². The van der Waals surface area contributed by atoms with E-state index in [1.807, 2.05) is 50.2 Å². The van der Waals surface area contributed by atoms with Gasteiger partial charge in [0.1, 0.15) is 18.5 Å². The molecule has 0 radical (unpaired) electrons. The topological polar surface area (TPSA) is 63.7 Å². The summed E-state index contributed by atoms with van der Waals surface area (Å²) in [5.41, 5.74) is 3.10. The normalized spacial score (nSPS) is 16.9. The Morgan fingerprint density at radius 1 is 1.31 bits per heavy atom. The van der Waals surface area contributed by atoms with Gasteiger partial charge in [0.2, 0.25) is 11.8 Å². The van der Waals surface area contributed by atoms with E-state index in [9.17, 15) is 4.79 Å². The average molecular weight is 396 g/mol. The van der Waals surface area contributed by atoms with Crippen LogP contribution in [0.5, 0.6) is 11.6 Å². The number of carbonyl (C=O) groups excluding carboxylic acids is 1. The third kappa shape index (κ3) is 5.98. The number of benzene rings is 1. The van der Waals surface area contributed by atoms with Crippen molar-refractivity contribution >= 4 is 11.6 Å². The Labute approximate surface area is 172 Å². The van der Waals surface area contributed by atoms with Gasteiger partial charge in [-0.3, -0.25) is 4.79 Å². The van der Waals surface area contributed by atoms with Crippen molar-refractivity contribution < 1.29 is 14.3 Å². The largest absolute Gasteiger partial charge is 0.489 e. The zero-order valence-corrected chi connectivity index (χ0v) is 17.4. The molecule has 0 bridgehead atoms. The number of carbonyl (C=O) groups is 1. The van der Waals surface area contributed by atoms with E-state index in [-0.39, 0.29) is 18.1 Å². The summed E-state index contributed by atoms with van der Waals surface area (Å²) >= 11 is 0. The highest BCUT2D eigenvalue weighted by Gasteiger charge is 2.24. The fourth-order valence-electron chi connectivity index (χ4n) is 3.35. The van der Waals surface area contributed by atoms with Gasteiger partial charge in [0.05, 0.1) is 12.6 Å². The first kappa shape index (κ1) is 20.7. The smallest absolute Gasteiger partial charge is 0.217 e. The van der Waals surface area contributed by atoms with Gasteiger partial charge in [0.15, 0.2) is 0 Å². The highest BCUT2D eigenvalue weighted by molar-refractivity contribution is 5.73. The Morgan fingerprint density at radius 3 is 2.76 bits per heavy atom. The van der Waals surface area contributed by atoms with Crippen molar-refractivity contribution in [3.05, 3.63) is 60.3 Å². The van der Waals surface area contributed by atoms with E-state index in [4.69, 9.17) is 9.47 Å². The van der Waals surface area contributed by atoms with Crippen LogP contribution in [0.1, 0.15) is 38.8 Å². The lowest BCUT2D eigenvalue weighted by atomic mass is 10.1. The second-order valence-corrected chi connectivity index (χ2v) is 7.56. The lowest BCUT2D eigenvalue weighted by molar-refractivity contribution is -0.119. The average Bonchev–Trinajstić information content (AvgIpc) is 3.15. The van der Waals surface area contributed by atoms with Crippen LogP contribution in [0.2, 0.25) is 0 Å². The minimum absolute atomic E-state index is 0.0171. The zero-order valence-electron chi connectivity index (χ0n) is 17.4.